The molecule has 2 aromatic carbocycles. The number of aryl methyl sites for hydroxylation is 1. The SMILES string of the molecule is CCc1ccc(C(=O)NCc2ccc(Oc3cccnc3)c(F)c2)cc1. The molecule has 3 aromatic rings. The Balaban J connectivity index is 1.61. The van der Waals surface area contributed by atoms with E-state index in [1.54, 1.807) is 42.6 Å². The van der Waals surface area contributed by atoms with Gasteiger partial charge in [-0.05, 0) is 53.9 Å². The summed E-state index contributed by atoms with van der Waals surface area (Å²) in [7, 11) is 0. The number of halogens is 1. The summed E-state index contributed by atoms with van der Waals surface area (Å²) in [6.07, 6.45) is 4.05. The molecule has 0 saturated heterocycles. The molecule has 0 radical (unpaired) electrons. The fourth-order valence-electron chi connectivity index (χ4n) is 2.45. The highest BCUT2D eigenvalue weighted by molar-refractivity contribution is 5.94. The molecule has 5 heteroatoms. The quantitative estimate of drug-likeness (QED) is 0.712. The lowest BCUT2D eigenvalue weighted by Gasteiger charge is -2.09. The van der Waals surface area contributed by atoms with Gasteiger partial charge in [0.25, 0.3) is 5.91 Å². The van der Waals surface area contributed by atoms with Crippen LogP contribution in [0.1, 0.15) is 28.4 Å². The first-order valence-electron chi connectivity index (χ1n) is 8.39. The van der Waals surface area contributed by atoms with Gasteiger partial charge in [0.2, 0.25) is 0 Å². The Bertz CT molecular complexity index is 880. The number of hydrogen-bond donors (Lipinski definition) is 1. The summed E-state index contributed by atoms with van der Waals surface area (Å²) in [5, 5.41) is 2.79. The van der Waals surface area contributed by atoms with E-state index in [-0.39, 0.29) is 18.2 Å². The molecule has 26 heavy (non-hydrogen) atoms. The molecule has 0 unspecified atom stereocenters. The van der Waals surface area contributed by atoms with Crippen LogP contribution in [0.2, 0.25) is 0 Å². The molecule has 0 spiro atoms. The number of nitrogens with one attached hydrogen (secondary N) is 1. The second-order valence-electron chi connectivity index (χ2n) is 5.79. The average Bonchev–Trinajstić information content (AvgIpc) is 2.69. The third kappa shape index (κ3) is 4.45. The van der Waals surface area contributed by atoms with Gasteiger partial charge in [0.15, 0.2) is 11.6 Å². The van der Waals surface area contributed by atoms with Crippen LogP contribution in [-0.4, -0.2) is 10.9 Å². The summed E-state index contributed by atoms with van der Waals surface area (Å²) in [4.78, 5) is 16.1. The monoisotopic (exact) mass is 350 g/mol. The van der Waals surface area contributed by atoms with E-state index in [9.17, 15) is 9.18 Å². The smallest absolute Gasteiger partial charge is 0.251 e. The second-order valence-corrected chi connectivity index (χ2v) is 5.79. The van der Waals surface area contributed by atoms with Crippen molar-refractivity contribution in [2.75, 3.05) is 0 Å². The Morgan fingerprint density at radius 1 is 1.12 bits per heavy atom. The van der Waals surface area contributed by atoms with Crippen LogP contribution in [0.5, 0.6) is 11.5 Å². The van der Waals surface area contributed by atoms with Gasteiger partial charge in [-0.3, -0.25) is 9.78 Å². The maximum Gasteiger partial charge on any atom is 0.251 e. The van der Waals surface area contributed by atoms with Gasteiger partial charge in [0.1, 0.15) is 5.75 Å². The third-order valence-corrected chi connectivity index (χ3v) is 3.94. The molecule has 0 atom stereocenters. The summed E-state index contributed by atoms with van der Waals surface area (Å²) < 4.78 is 19.7. The zero-order chi connectivity index (χ0) is 18.4. The third-order valence-electron chi connectivity index (χ3n) is 3.94. The molecule has 4 nitrogen and oxygen atoms in total. The number of amides is 1. The molecular weight excluding hydrogens is 331 g/mol. The van der Waals surface area contributed by atoms with Gasteiger partial charge in [-0.15, -0.1) is 0 Å². The minimum absolute atomic E-state index is 0.114. The number of nitrogens with zero attached hydrogens (tertiary/aromatic N) is 1. The Labute approximate surface area is 151 Å². The summed E-state index contributed by atoms with van der Waals surface area (Å²) in [6.45, 7) is 2.30. The minimum Gasteiger partial charge on any atom is -0.453 e. The van der Waals surface area contributed by atoms with E-state index in [2.05, 4.69) is 17.2 Å². The molecule has 3 rings (SSSR count). The van der Waals surface area contributed by atoms with Crippen molar-refractivity contribution < 1.29 is 13.9 Å². The lowest BCUT2D eigenvalue weighted by atomic mass is 10.1. The van der Waals surface area contributed by atoms with E-state index < -0.39 is 5.82 Å². The first-order chi connectivity index (χ1) is 12.7. The van der Waals surface area contributed by atoms with Crippen LogP contribution in [-0.2, 0) is 13.0 Å². The summed E-state index contributed by atoms with van der Waals surface area (Å²) >= 11 is 0. The van der Waals surface area contributed by atoms with Gasteiger partial charge in [0, 0.05) is 18.3 Å². The fourth-order valence-corrected chi connectivity index (χ4v) is 2.45. The van der Waals surface area contributed by atoms with Crippen LogP contribution < -0.4 is 10.1 Å². The van der Waals surface area contributed by atoms with Crippen LogP contribution in [0.15, 0.2) is 67.0 Å². The number of carbonyl (C=O) groups is 1. The van der Waals surface area contributed by atoms with Gasteiger partial charge < -0.3 is 10.1 Å². The van der Waals surface area contributed by atoms with Gasteiger partial charge in [0.05, 0.1) is 6.20 Å². The van der Waals surface area contributed by atoms with Crippen LogP contribution in [0, 0.1) is 5.82 Å². The van der Waals surface area contributed by atoms with Gasteiger partial charge in [-0.2, -0.15) is 0 Å². The van der Waals surface area contributed by atoms with Crippen LogP contribution in [0.3, 0.4) is 0 Å². The summed E-state index contributed by atoms with van der Waals surface area (Å²) in [5.74, 6) is -0.108. The molecule has 1 N–H and O–H groups in total. The molecule has 0 fully saturated rings. The predicted molar refractivity (Wildman–Crippen MR) is 97.7 cm³/mol. The first-order valence-corrected chi connectivity index (χ1v) is 8.39. The van der Waals surface area contributed by atoms with Crippen molar-refractivity contribution in [3.05, 3.63) is 89.5 Å². The molecule has 0 aliphatic heterocycles. The van der Waals surface area contributed by atoms with Crippen molar-refractivity contribution >= 4 is 5.91 Å². The molecule has 1 heterocycles. The Hall–Kier alpha value is -3.21. The maximum atomic E-state index is 14.2. The van der Waals surface area contributed by atoms with Crippen molar-refractivity contribution in [1.82, 2.24) is 10.3 Å². The first kappa shape index (κ1) is 17.6. The number of hydrogen-bond acceptors (Lipinski definition) is 3. The minimum atomic E-state index is -0.493. The molecule has 1 amide bonds. The molecule has 132 valence electrons. The van der Waals surface area contributed by atoms with Gasteiger partial charge >= 0.3 is 0 Å². The number of ether oxygens (including phenoxy) is 1. The van der Waals surface area contributed by atoms with Crippen molar-refractivity contribution in [3.63, 3.8) is 0 Å². The second kappa shape index (κ2) is 8.25. The number of rotatable bonds is 6. The number of benzene rings is 2. The Morgan fingerprint density at radius 3 is 2.54 bits per heavy atom. The van der Waals surface area contributed by atoms with E-state index in [0.717, 1.165) is 6.42 Å². The van der Waals surface area contributed by atoms with Crippen LogP contribution in [0.25, 0.3) is 0 Å². The van der Waals surface area contributed by atoms with E-state index in [4.69, 9.17) is 4.74 Å². The van der Waals surface area contributed by atoms with E-state index in [0.29, 0.717) is 16.9 Å². The normalized spacial score (nSPS) is 10.4. The summed E-state index contributed by atoms with van der Waals surface area (Å²) in [6, 6.07) is 15.5. The zero-order valence-electron chi connectivity index (χ0n) is 14.4. The Morgan fingerprint density at radius 2 is 1.88 bits per heavy atom. The molecule has 0 aliphatic rings. The predicted octanol–water partition coefficient (Wildman–Crippen LogP) is 4.51. The highest BCUT2D eigenvalue weighted by Crippen LogP contribution is 2.24. The van der Waals surface area contributed by atoms with Gasteiger partial charge in [-0.1, -0.05) is 25.1 Å². The number of pyridine rings is 1. The fraction of sp³-hybridized carbons (Fsp3) is 0.143. The molecule has 0 bridgehead atoms. The van der Waals surface area contributed by atoms with Crippen LogP contribution in [0.4, 0.5) is 4.39 Å². The maximum absolute atomic E-state index is 14.2. The van der Waals surface area contributed by atoms with Crippen molar-refractivity contribution in [2.45, 2.75) is 19.9 Å². The van der Waals surface area contributed by atoms with E-state index in [1.165, 1.54) is 17.8 Å². The highest BCUT2D eigenvalue weighted by Gasteiger charge is 2.09. The molecule has 0 saturated carbocycles. The number of aromatic nitrogens is 1. The highest BCUT2D eigenvalue weighted by atomic mass is 19.1. The van der Waals surface area contributed by atoms with Crippen molar-refractivity contribution in [3.8, 4) is 11.5 Å². The zero-order valence-corrected chi connectivity index (χ0v) is 14.4. The van der Waals surface area contributed by atoms with Crippen LogP contribution >= 0.6 is 0 Å². The van der Waals surface area contributed by atoms with E-state index >= 15 is 0 Å². The molecule has 0 aliphatic carbocycles. The largest absolute Gasteiger partial charge is 0.453 e. The topological polar surface area (TPSA) is 51.2 Å². The van der Waals surface area contributed by atoms with Gasteiger partial charge in [-0.25, -0.2) is 4.39 Å². The van der Waals surface area contributed by atoms with Crippen molar-refractivity contribution in [2.24, 2.45) is 0 Å². The molecule has 1 aromatic heterocycles. The van der Waals surface area contributed by atoms with Crippen molar-refractivity contribution in [1.29, 1.82) is 0 Å². The summed E-state index contributed by atoms with van der Waals surface area (Å²) in [5.41, 5.74) is 2.41. The Kier molecular flexibility index (Phi) is 5.59. The lowest BCUT2D eigenvalue weighted by Crippen LogP contribution is -2.22. The average molecular weight is 350 g/mol. The lowest BCUT2D eigenvalue weighted by molar-refractivity contribution is 0.0951. The number of carbonyl (C=O) groups excluding carboxylic acids is 1. The standard InChI is InChI=1S/C21H19FN2O2/c1-2-15-5-8-17(9-6-15)21(25)24-13-16-7-10-20(19(22)12-16)26-18-4-3-11-23-14-18/h3-12,14H,2,13H2,1H3,(H,24,25). The molecular formula is C21H19FN2O2. The van der Waals surface area contributed by atoms with E-state index in [1.807, 2.05) is 12.1 Å².